The van der Waals surface area contributed by atoms with E-state index in [-0.39, 0.29) is 25.4 Å². The maximum atomic E-state index is 13.1. The van der Waals surface area contributed by atoms with E-state index in [0.717, 1.165) is 27.8 Å². The Morgan fingerprint density at radius 1 is 1.13 bits per heavy atom. The Kier molecular flexibility index (Phi) is 6.33. The Hall–Kier alpha value is -1.88. The van der Waals surface area contributed by atoms with Crippen molar-refractivity contribution < 1.29 is 26.4 Å². The number of ketones is 1. The predicted molar refractivity (Wildman–Crippen MR) is 106 cm³/mol. The third kappa shape index (κ3) is 4.72. The van der Waals surface area contributed by atoms with Crippen LogP contribution in [0.2, 0.25) is 5.02 Å². The molecular formula is C19H21ClF3N3O3S. The summed E-state index contributed by atoms with van der Waals surface area (Å²) < 4.78 is 65.9. The summed E-state index contributed by atoms with van der Waals surface area (Å²) in [5.41, 5.74) is 1.07. The number of rotatable bonds is 5. The van der Waals surface area contributed by atoms with Crippen molar-refractivity contribution in [3.63, 3.8) is 0 Å². The van der Waals surface area contributed by atoms with Gasteiger partial charge in [0.05, 0.1) is 22.0 Å². The average molecular weight is 464 g/mol. The summed E-state index contributed by atoms with van der Waals surface area (Å²) >= 11 is 5.58. The van der Waals surface area contributed by atoms with E-state index in [9.17, 15) is 26.4 Å². The summed E-state index contributed by atoms with van der Waals surface area (Å²) in [5, 5.41) is -0.555. The van der Waals surface area contributed by atoms with Crippen LogP contribution in [0.1, 0.15) is 27.3 Å². The van der Waals surface area contributed by atoms with Crippen molar-refractivity contribution in [3.8, 4) is 0 Å². The van der Waals surface area contributed by atoms with Gasteiger partial charge in [0, 0.05) is 43.1 Å². The number of carbonyl (C=O) groups excluding carboxylic acids is 1. The molecule has 1 fully saturated rings. The number of aromatic amines is 1. The zero-order chi connectivity index (χ0) is 22.3. The highest BCUT2D eigenvalue weighted by atomic mass is 35.5. The lowest BCUT2D eigenvalue weighted by Gasteiger charge is -2.33. The first-order valence-electron chi connectivity index (χ1n) is 9.18. The quantitative estimate of drug-likeness (QED) is 0.689. The molecule has 1 aromatic heterocycles. The van der Waals surface area contributed by atoms with Crippen LogP contribution in [0.25, 0.3) is 0 Å². The van der Waals surface area contributed by atoms with Crippen molar-refractivity contribution in [1.29, 1.82) is 0 Å². The second-order valence-corrected chi connectivity index (χ2v) is 9.58. The van der Waals surface area contributed by atoms with Crippen LogP contribution < -0.4 is 0 Å². The lowest BCUT2D eigenvalue weighted by Crippen LogP contribution is -2.49. The van der Waals surface area contributed by atoms with Gasteiger partial charge in [-0.05, 0) is 38.1 Å². The van der Waals surface area contributed by atoms with Gasteiger partial charge < -0.3 is 4.98 Å². The van der Waals surface area contributed by atoms with Crippen molar-refractivity contribution in [3.05, 3.63) is 51.8 Å². The van der Waals surface area contributed by atoms with E-state index in [2.05, 4.69) is 4.98 Å². The van der Waals surface area contributed by atoms with Gasteiger partial charge in [-0.1, -0.05) is 11.6 Å². The summed E-state index contributed by atoms with van der Waals surface area (Å²) in [4.78, 5) is 16.9. The van der Waals surface area contributed by atoms with Crippen LogP contribution in [0.3, 0.4) is 0 Å². The normalized spacial score (nSPS) is 16.7. The summed E-state index contributed by atoms with van der Waals surface area (Å²) in [7, 11) is -4.11. The Bertz CT molecular complexity index is 1060. The number of sulfonamides is 1. The number of benzene rings is 1. The molecular weight excluding hydrogens is 443 g/mol. The zero-order valence-corrected chi connectivity index (χ0v) is 18.0. The molecule has 1 saturated heterocycles. The number of H-pyrrole nitrogens is 1. The highest BCUT2D eigenvalue weighted by molar-refractivity contribution is 7.89. The van der Waals surface area contributed by atoms with Crippen LogP contribution in [0, 0.1) is 13.8 Å². The highest BCUT2D eigenvalue weighted by Gasteiger charge is 2.36. The van der Waals surface area contributed by atoms with E-state index in [1.54, 1.807) is 6.07 Å². The molecule has 1 aliphatic heterocycles. The minimum absolute atomic E-state index is 0.0688. The zero-order valence-electron chi connectivity index (χ0n) is 16.4. The molecule has 0 amide bonds. The molecule has 6 nitrogen and oxygen atoms in total. The van der Waals surface area contributed by atoms with Crippen LogP contribution in [-0.2, 0) is 16.2 Å². The summed E-state index contributed by atoms with van der Waals surface area (Å²) in [6, 6.07) is 4.34. The minimum atomic E-state index is -4.75. The lowest BCUT2D eigenvalue weighted by atomic mass is 10.1. The van der Waals surface area contributed by atoms with Gasteiger partial charge in [0.15, 0.2) is 5.78 Å². The van der Waals surface area contributed by atoms with E-state index < -0.39 is 31.7 Å². The van der Waals surface area contributed by atoms with Crippen molar-refractivity contribution in [2.24, 2.45) is 0 Å². The topological polar surface area (TPSA) is 73.5 Å². The molecule has 0 unspecified atom stereocenters. The summed E-state index contributed by atoms with van der Waals surface area (Å²) in [5.74, 6) is -0.0688. The number of aromatic nitrogens is 1. The number of nitrogens with one attached hydrogen (secondary N) is 1. The van der Waals surface area contributed by atoms with Gasteiger partial charge in [-0.15, -0.1) is 0 Å². The Balaban J connectivity index is 1.68. The Labute approximate surface area is 177 Å². The van der Waals surface area contributed by atoms with Gasteiger partial charge in [0.25, 0.3) is 0 Å². The average Bonchev–Trinajstić information content (AvgIpc) is 2.99. The molecule has 30 heavy (non-hydrogen) atoms. The maximum Gasteiger partial charge on any atom is 0.417 e. The molecule has 0 bridgehead atoms. The first-order valence-corrected chi connectivity index (χ1v) is 11.0. The second-order valence-electron chi connectivity index (χ2n) is 7.23. The van der Waals surface area contributed by atoms with E-state index in [4.69, 9.17) is 11.6 Å². The molecule has 1 aliphatic rings. The van der Waals surface area contributed by atoms with Gasteiger partial charge in [-0.3, -0.25) is 9.69 Å². The van der Waals surface area contributed by atoms with Crippen molar-refractivity contribution in [2.75, 3.05) is 32.7 Å². The highest BCUT2D eigenvalue weighted by Crippen LogP contribution is 2.36. The number of nitrogens with zero attached hydrogens (tertiary/aromatic N) is 2. The fourth-order valence-corrected chi connectivity index (χ4v) is 5.13. The van der Waals surface area contributed by atoms with Gasteiger partial charge >= 0.3 is 6.18 Å². The standard InChI is InChI=1S/C19H21ClF3N3O3S/c1-12-9-15(13(2)24-12)18(27)11-25-5-7-26(8-6-25)30(28,29)14-3-4-17(20)16(10-14)19(21,22)23/h3-4,9-10,24H,5-8,11H2,1-2H3. The molecule has 0 atom stereocenters. The first kappa shape index (κ1) is 22.8. The fraction of sp³-hybridized carbons (Fsp3) is 0.421. The smallest absolute Gasteiger partial charge is 0.362 e. The molecule has 0 radical (unpaired) electrons. The number of aryl methyl sites for hydroxylation is 2. The largest absolute Gasteiger partial charge is 0.417 e. The van der Waals surface area contributed by atoms with E-state index >= 15 is 0 Å². The third-order valence-corrected chi connectivity index (χ3v) is 7.25. The maximum absolute atomic E-state index is 13.1. The Morgan fingerprint density at radius 2 is 1.77 bits per heavy atom. The molecule has 3 rings (SSSR count). The van der Waals surface area contributed by atoms with Gasteiger partial charge in [0.1, 0.15) is 0 Å². The van der Waals surface area contributed by atoms with Crippen LogP contribution in [0.4, 0.5) is 13.2 Å². The van der Waals surface area contributed by atoms with Crippen LogP contribution >= 0.6 is 11.6 Å². The molecule has 0 spiro atoms. The number of hydrogen-bond acceptors (Lipinski definition) is 4. The number of alkyl halides is 3. The predicted octanol–water partition coefficient (Wildman–Crippen LogP) is 3.49. The molecule has 164 valence electrons. The fourth-order valence-electron chi connectivity index (χ4n) is 3.46. The third-order valence-electron chi connectivity index (χ3n) is 5.03. The molecule has 2 heterocycles. The van der Waals surface area contributed by atoms with Gasteiger partial charge in [-0.25, -0.2) is 8.42 Å². The monoisotopic (exact) mass is 463 g/mol. The molecule has 1 aromatic carbocycles. The molecule has 0 saturated carbocycles. The molecule has 0 aliphatic carbocycles. The number of hydrogen-bond donors (Lipinski definition) is 1. The number of piperazine rings is 1. The summed E-state index contributed by atoms with van der Waals surface area (Å²) in [6.45, 7) is 4.56. The lowest BCUT2D eigenvalue weighted by molar-refractivity contribution is -0.137. The van der Waals surface area contributed by atoms with E-state index in [0.29, 0.717) is 24.7 Å². The van der Waals surface area contributed by atoms with Gasteiger partial charge in [-0.2, -0.15) is 17.5 Å². The second kappa shape index (κ2) is 8.33. The molecule has 1 N–H and O–H groups in total. The van der Waals surface area contributed by atoms with Gasteiger partial charge in [0.2, 0.25) is 10.0 Å². The van der Waals surface area contributed by atoms with Crippen molar-refractivity contribution >= 4 is 27.4 Å². The number of Topliss-reactive ketones (excluding diaryl/α,β-unsaturated/α-hetero) is 1. The van der Waals surface area contributed by atoms with Crippen molar-refractivity contribution in [1.82, 2.24) is 14.2 Å². The number of carbonyl (C=O) groups is 1. The van der Waals surface area contributed by atoms with Crippen LogP contribution in [-0.4, -0.2) is 61.1 Å². The van der Waals surface area contributed by atoms with E-state index in [1.165, 1.54) is 0 Å². The van der Waals surface area contributed by atoms with Crippen LogP contribution in [0.5, 0.6) is 0 Å². The SMILES string of the molecule is Cc1cc(C(=O)CN2CCN(S(=O)(=O)c3ccc(Cl)c(C(F)(F)F)c3)CC2)c(C)[nH]1. The van der Waals surface area contributed by atoms with Crippen LogP contribution in [0.15, 0.2) is 29.2 Å². The Morgan fingerprint density at radius 3 is 2.30 bits per heavy atom. The summed E-state index contributed by atoms with van der Waals surface area (Å²) in [6.07, 6.45) is -4.75. The first-order chi connectivity index (χ1) is 13.9. The van der Waals surface area contributed by atoms with Crippen molar-refractivity contribution in [2.45, 2.75) is 24.9 Å². The molecule has 2 aromatic rings. The number of halogens is 4. The molecule has 11 heteroatoms. The van der Waals surface area contributed by atoms with E-state index in [1.807, 2.05) is 18.7 Å². The minimum Gasteiger partial charge on any atom is -0.362 e.